The predicted molar refractivity (Wildman–Crippen MR) is 119 cm³/mol. The molecule has 1 fully saturated rings. The van der Waals surface area contributed by atoms with Crippen LogP contribution >= 0.6 is 23.4 Å². The number of carbonyl (C=O) groups excluding carboxylic acids is 1. The number of anilines is 1. The lowest BCUT2D eigenvalue weighted by Crippen LogP contribution is -2.15. The van der Waals surface area contributed by atoms with E-state index in [1.54, 1.807) is 6.07 Å². The van der Waals surface area contributed by atoms with Crippen LogP contribution < -0.4 is 10.1 Å². The quantitative estimate of drug-likeness (QED) is 0.465. The van der Waals surface area contributed by atoms with Gasteiger partial charge in [-0.3, -0.25) is 9.36 Å². The van der Waals surface area contributed by atoms with E-state index in [0.29, 0.717) is 16.8 Å². The predicted octanol–water partition coefficient (Wildman–Crippen LogP) is 5.14. The van der Waals surface area contributed by atoms with Crippen LogP contribution in [0.25, 0.3) is 0 Å². The summed E-state index contributed by atoms with van der Waals surface area (Å²) in [5.74, 6) is 1.57. The molecule has 0 radical (unpaired) electrons. The zero-order valence-electron chi connectivity index (χ0n) is 16.7. The van der Waals surface area contributed by atoms with Crippen molar-refractivity contribution in [3.05, 3.63) is 64.9 Å². The molecule has 2 aromatic carbocycles. The van der Waals surface area contributed by atoms with Gasteiger partial charge >= 0.3 is 0 Å². The first-order valence-corrected chi connectivity index (χ1v) is 11.3. The van der Waals surface area contributed by atoms with Crippen molar-refractivity contribution < 1.29 is 9.53 Å². The molecule has 0 spiro atoms. The standard InChI is InChI=1S/C22H23ClN4O2S/c1-2-15-6-5-7-16(12-15)24-21(28)14-30-22-26-25-20(27(22)17-10-11-17)13-29-19-9-4-3-8-18(19)23/h3-9,12,17H,2,10-11,13-14H2,1H3,(H,24,28). The van der Waals surface area contributed by atoms with Gasteiger partial charge in [0.15, 0.2) is 11.0 Å². The van der Waals surface area contributed by atoms with Crippen LogP contribution in [0.4, 0.5) is 5.69 Å². The Balaban J connectivity index is 1.38. The van der Waals surface area contributed by atoms with Crippen molar-refractivity contribution in [3.63, 3.8) is 0 Å². The van der Waals surface area contributed by atoms with Crippen LogP contribution in [0.15, 0.2) is 53.7 Å². The van der Waals surface area contributed by atoms with Gasteiger partial charge in [-0.1, -0.05) is 54.6 Å². The molecule has 156 valence electrons. The molecule has 1 aromatic heterocycles. The number of amides is 1. The number of thioether (sulfide) groups is 1. The molecule has 8 heteroatoms. The average Bonchev–Trinajstić information content (AvgIpc) is 3.51. The summed E-state index contributed by atoms with van der Waals surface area (Å²) in [4.78, 5) is 12.4. The van der Waals surface area contributed by atoms with Gasteiger partial charge in [-0.15, -0.1) is 10.2 Å². The Morgan fingerprint density at radius 1 is 1.23 bits per heavy atom. The Kier molecular flexibility index (Phi) is 6.59. The first-order chi connectivity index (χ1) is 14.6. The Morgan fingerprint density at radius 2 is 2.07 bits per heavy atom. The lowest BCUT2D eigenvalue weighted by molar-refractivity contribution is -0.113. The molecular formula is C22H23ClN4O2S. The monoisotopic (exact) mass is 442 g/mol. The van der Waals surface area contributed by atoms with Gasteiger partial charge in [0.1, 0.15) is 12.4 Å². The van der Waals surface area contributed by atoms with E-state index in [4.69, 9.17) is 16.3 Å². The number of rotatable bonds is 9. The third-order valence-electron chi connectivity index (χ3n) is 4.79. The van der Waals surface area contributed by atoms with Crippen molar-refractivity contribution in [2.24, 2.45) is 0 Å². The average molecular weight is 443 g/mol. The molecule has 1 amide bonds. The molecule has 30 heavy (non-hydrogen) atoms. The Bertz CT molecular complexity index is 1040. The molecule has 1 saturated carbocycles. The number of para-hydroxylation sites is 1. The summed E-state index contributed by atoms with van der Waals surface area (Å²) >= 11 is 7.56. The van der Waals surface area contributed by atoms with Gasteiger partial charge < -0.3 is 10.1 Å². The number of benzene rings is 2. The lowest BCUT2D eigenvalue weighted by atomic mass is 10.1. The summed E-state index contributed by atoms with van der Waals surface area (Å²) in [5.41, 5.74) is 2.01. The Hall–Kier alpha value is -2.51. The van der Waals surface area contributed by atoms with E-state index >= 15 is 0 Å². The lowest BCUT2D eigenvalue weighted by Gasteiger charge is -2.11. The van der Waals surface area contributed by atoms with E-state index < -0.39 is 0 Å². The minimum absolute atomic E-state index is 0.0625. The molecule has 0 unspecified atom stereocenters. The summed E-state index contributed by atoms with van der Waals surface area (Å²) in [7, 11) is 0. The Labute approximate surface area is 185 Å². The number of hydrogen-bond donors (Lipinski definition) is 1. The first-order valence-electron chi connectivity index (χ1n) is 9.96. The second kappa shape index (κ2) is 9.53. The zero-order chi connectivity index (χ0) is 20.9. The van der Waals surface area contributed by atoms with Crippen molar-refractivity contribution >= 4 is 35.0 Å². The number of nitrogens with one attached hydrogen (secondary N) is 1. The molecule has 1 heterocycles. The van der Waals surface area contributed by atoms with Crippen LogP contribution in [-0.4, -0.2) is 26.4 Å². The number of aryl methyl sites for hydroxylation is 1. The van der Waals surface area contributed by atoms with Crippen LogP contribution in [-0.2, 0) is 17.8 Å². The van der Waals surface area contributed by atoms with E-state index in [-0.39, 0.29) is 18.3 Å². The molecule has 0 aliphatic heterocycles. The molecule has 4 rings (SSSR count). The van der Waals surface area contributed by atoms with Gasteiger partial charge in [0.25, 0.3) is 0 Å². The van der Waals surface area contributed by atoms with Gasteiger partial charge in [0.2, 0.25) is 5.91 Å². The van der Waals surface area contributed by atoms with E-state index in [2.05, 4.69) is 33.1 Å². The van der Waals surface area contributed by atoms with Gasteiger partial charge in [0, 0.05) is 11.7 Å². The fourth-order valence-corrected chi connectivity index (χ4v) is 4.12. The molecule has 3 aromatic rings. The largest absolute Gasteiger partial charge is 0.484 e. The van der Waals surface area contributed by atoms with Gasteiger partial charge in [0.05, 0.1) is 10.8 Å². The first kappa shape index (κ1) is 20.8. The summed E-state index contributed by atoms with van der Waals surface area (Å²) < 4.78 is 7.93. The highest BCUT2D eigenvalue weighted by atomic mass is 35.5. The topological polar surface area (TPSA) is 69.0 Å². The number of ether oxygens (including phenoxy) is 1. The number of carbonyl (C=O) groups is 1. The maximum absolute atomic E-state index is 12.4. The van der Waals surface area contributed by atoms with Crippen molar-refractivity contribution in [1.82, 2.24) is 14.8 Å². The minimum atomic E-state index is -0.0625. The fourth-order valence-electron chi connectivity index (χ4n) is 3.10. The van der Waals surface area contributed by atoms with Gasteiger partial charge in [-0.25, -0.2) is 0 Å². The molecule has 1 aliphatic rings. The second-order valence-corrected chi connectivity index (χ2v) is 8.46. The van der Waals surface area contributed by atoms with Crippen LogP contribution in [0.5, 0.6) is 5.75 Å². The number of halogens is 1. The highest BCUT2D eigenvalue weighted by Crippen LogP contribution is 2.39. The highest BCUT2D eigenvalue weighted by molar-refractivity contribution is 7.99. The van der Waals surface area contributed by atoms with E-state index in [9.17, 15) is 4.79 Å². The van der Waals surface area contributed by atoms with Crippen LogP contribution in [0, 0.1) is 0 Å². The van der Waals surface area contributed by atoms with E-state index in [1.807, 2.05) is 36.4 Å². The second-order valence-electron chi connectivity index (χ2n) is 7.11. The van der Waals surface area contributed by atoms with Crippen molar-refractivity contribution in [2.45, 2.75) is 44.0 Å². The number of hydrogen-bond acceptors (Lipinski definition) is 5. The molecular weight excluding hydrogens is 420 g/mol. The third-order valence-corrected chi connectivity index (χ3v) is 6.05. The normalized spacial score (nSPS) is 13.3. The zero-order valence-corrected chi connectivity index (χ0v) is 18.2. The SMILES string of the molecule is CCc1cccc(NC(=O)CSc2nnc(COc3ccccc3Cl)n2C2CC2)c1. The molecule has 6 nitrogen and oxygen atoms in total. The smallest absolute Gasteiger partial charge is 0.234 e. The van der Waals surface area contributed by atoms with Crippen molar-refractivity contribution in [3.8, 4) is 5.75 Å². The molecule has 1 aliphatic carbocycles. The fraction of sp³-hybridized carbons (Fsp3) is 0.318. The summed E-state index contributed by atoms with van der Waals surface area (Å²) in [5, 5.41) is 12.9. The van der Waals surface area contributed by atoms with Crippen molar-refractivity contribution in [2.75, 3.05) is 11.1 Å². The van der Waals surface area contributed by atoms with Crippen LogP contribution in [0.1, 0.15) is 37.2 Å². The van der Waals surface area contributed by atoms with E-state index in [0.717, 1.165) is 35.9 Å². The highest BCUT2D eigenvalue weighted by Gasteiger charge is 2.30. The maximum atomic E-state index is 12.4. The molecule has 0 saturated heterocycles. The third kappa shape index (κ3) is 5.15. The molecule has 0 bridgehead atoms. The van der Waals surface area contributed by atoms with Crippen LogP contribution in [0.2, 0.25) is 5.02 Å². The molecule has 0 atom stereocenters. The maximum Gasteiger partial charge on any atom is 0.234 e. The van der Waals surface area contributed by atoms with E-state index in [1.165, 1.54) is 17.3 Å². The summed E-state index contributed by atoms with van der Waals surface area (Å²) in [6.45, 7) is 2.37. The van der Waals surface area contributed by atoms with Gasteiger partial charge in [-0.05, 0) is 49.1 Å². The molecule has 1 N–H and O–H groups in total. The number of aromatic nitrogens is 3. The Morgan fingerprint density at radius 3 is 2.83 bits per heavy atom. The minimum Gasteiger partial charge on any atom is -0.484 e. The summed E-state index contributed by atoms with van der Waals surface area (Å²) in [6.07, 6.45) is 3.10. The number of nitrogens with zero attached hydrogens (tertiary/aromatic N) is 3. The summed E-state index contributed by atoms with van der Waals surface area (Å²) in [6, 6.07) is 15.6. The van der Waals surface area contributed by atoms with Crippen LogP contribution in [0.3, 0.4) is 0 Å². The van der Waals surface area contributed by atoms with Crippen molar-refractivity contribution in [1.29, 1.82) is 0 Å². The van der Waals surface area contributed by atoms with Gasteiger partial charge in [-0.2, -0.15) is 0 Å².